The zero-order chi connectivity index (χ0) is 18.2. The maximum absolute atomic E-state index is 12.3. The molecule has 0 unspecified atom stereocenters. The summed E-state index contributed by atoms with van der Waals surface area (Å²) >= 11 is 5.96. The highest BCUT2D eigenvalue weighted by atomic mass is 35.5. The van der Waals surface area contributed by atoms with Gasteiger partial charge in [-0.2, -0.15) is 0 Å². The van der Waals surface area contributed by atoms with Gasteiger partial charge in [0.15, 0.2) is 0 Å². The summed E-state index contributed by atoms with van der Waals surface area (Å²) in [4.78, 5) is 25.4. The average molecular weight is 362 g/mol. The average Bonchev–Trinajstić information content (AvgIpc) is 2.55. The predicted octanol–water partition coefficient (Wildman–Crippen LogP) is 3.59. The number of nitrogens with one attached hydrogen (secondary N) is 2. The molecule has 0 aliphatic rings. The normalized spacial score (nSPS) is 10.2. The minimum absolute atomic E-state index is 0.0288. The first-order chi connectivity index (χ1) is 12.0. The number of amides is 3. The Morgan fingerprint density at radius 2 is 1.76 bits per heavy atom. The van der Waals surface area contributed by atoms with Crippen molar-refractivity contribution in [2.24, 2.45) is 0 Å². The Bertz CT molecular complexity index is 752. The van der Waals surface area contributed by atoms with Gasteiger partial charge in [0.2, 0.25) is 5.91 Å². The van der Waals surface area contributed by atoms with Gasteiger partial charge in [-0.25, -0.2) is 4.79 Å². The molecule has 0 radical (unpaired) electrons. The zero-order valence-corrected chi connectivity index (χ0v) is 14.8. The summed E-state index contributed by atoms with van der Waals surface area (Å²) in [5, 5.41) is 6.11. The standard InChI is InChI=1S/C18H20ClN3O3/c1-22(11-13-5-3-6-14(19)9-13)18(24)21-16-8-4-7-15(10-16)20-17(23)12-25-2/h3-10H,11-12H2,1-2H3,(H,20,23)(H,21,24). The van der Waals surface area contributed by atoms with E-state index in [-0.39, 0.29) is 18.5 Å². The number of carbonyl (C=O) groups excluding carboxylic acids is 2. The van der Waals surface area contributed by atoms with Crippen LogP contribution in [-0.4, -0.2) is 37.6 Å². The Morgan fingerprint density at radius 3 is 2.44 bits per heavy atom. The predicted molar refractivity (Wildman–Crippen MR) is 98.9 cm³/mol. The second kappa shape index (κ2) is 9.05. The van der Waals surface area contributed by atoms with E-state index < -0.39 is 0 Å². The molecule has 0 atom stereocenters. The lowest BCUT2D eigenvalue weighted by atomic mass is 10.2. The smallest absolute Gasteiger partial charge is 0.321 e. The maximum Gasteiger partial charge on any atom is 0.321 e. The summed E-state index contributed by atoms with van der Waals surface area (Å²) in [6.07, 6.45) is 0. The van der Waals surface area contributed by atoms with Crippen LogP contribution in [0.25, 0.3) is 0 Å². The van der Waals surface area contributed by atoms with Crippen molar-refractivity contribution in [3.05, 3.63) is 59.1 Å². The molecule has 2 rings (SSSR count). The molecule has 0 aliphatic heterocycles. The first kappa shape index (κ1) is 18.8. The van der Waals surface area contributed by atoms with Crippen molar-refractivity contribution in [1.82, 2.24) is 4.90 Å². The van der Waals surface area contributed by atoms with Gasteiger partial charge < -0.3 is 20.3 Å². The lowest BCUT2D eigenvalue weighted by Crippen LogP contribution is -2.30. The van der Waals surface area contributed by atoms with Crippen molar-refractivity contribution in [2.45, 2.75) is 6.54 Å². The van der Waals surface area contributed by atoms with Gasteiger partial charge in [0.05, 0.1) is 0 Å². The number of methoxy groups -OCH3 is 1. The van der Waals surface area contributed by atoms with Crippen LogP contribution >= 0.6 is 11.6 Å². The van der Waals surface area contributed by atoms with E-state index >= 15 is 0 Å². The van der Waals surface area contributed by atoms with E-state index in [0.29, 0.717) is 22.9 Å². The highest BCUT2D eigenvalue weighted by Crippen LogP contribution is 2.16. The number of anilines is 2. The number of nitrogens with zero attached hydrogens (tertiary/aromatic N) is 1. The van der Waals surface area contributed by atoms with Crippen LogP contribution in [0.1, 0.15) is 5.56 Å². The van der Waals surface area contributed by atoms with Crippen molar-refractivity contribution >= 4 is 34.9 Å². The summed E-state index contributed by atoms with van der Waals surface area (Å²) in [6, 6.07) is 14.0. The molecular weight excluding hydrogens is 342 g/mol. The van der Waals surface area contributed by atoms with Crippen LogP contribution in [-0.2, 0) is 16.1 Å². The van der Waals surface area contributed by atoms with Gasteiger partial charge in [0.25, 0.3) is 0 Å². The number of hydrogen-bond acceptors (Lipinski definition) is 3. The third-order valence-electron chi connectivity index (χ3n) is 3.33. The molecule has 3 amide bonds. The van der Waals surface area contributed by atoms with Crippen molar-refractivity contribution in [2.75, 3.05) is 31.4 Å². The first-order valence-corrected chi connectivity index (χ1v) is 8.01. The summed E-state index contributed by atoms with van der Waals surface area (Å²) in [6.45, 7) is 0.398. The maximum atomic E-state index is 12.3. The molecule has 7 heteroatoms. The Labute approximate surface area is 151 Å². The zero-order valence-electron chi connectivity index (χ0n) is 14.1. The number of halogens is 1. The number of ether oxygens (including phenoxy) is 1. The molecule has 132 valence electrons. The Morgan fingerprint density at radius 1 is 1.08 bits per heavy atom. The van der Waals surface area contributed by atoms with E-state index in [9.17, 15) is 9.59 Å². The molecule has 0 aromatic heterocycles. The summed E-state index contributed by atoms with van der Waals surface area (Å²) in [5.74, 6) is -0.260. The van der Waals surface area contributed by atoms with Crippen molar-refractivity contribution < 1.29 is 14.3 Å². The number of hydrogen-bond donors (Lipinski definition) is 2. The Balaban J connectivity index is 1.96. The minimum atomic E-state index is -0.264. The van der Waals surface area contributed by atoms with E-state index in [2.05, 4.69) is 10.6 Å². The van der Waals surface area contributed by atoms with Crippen LogP contribution in [0.15, 0.2) is 48.5 Å². The van der Waals surface area contributed by atoms with Crippen LogP contribution < -0.4 is 10.6 Å². The fraction of sp³-hybridized carbons (Fsp3) is 0.222. The van der Waals surface area contributed by atoms with Crippen molar-refractivity contribution in [3.63, 3.8) is 0 Å². The molecular formula is C18H20ClN3O3. The number of carbonyl (C=O) groups is 2. The Kier molecular flexibility index (Phi) is 6.80. The monoisotopic (exact) mass is 361 g/mol. The van der Waals surface area contributed by atoms with Gasteiger partial charge in [-0.3, -0.25) is 4.79 Å². The van der Waals surface area contributed by atoms with Crippen LogP contribution in [0.2, 0.25) is 5.02 Å². The van der Waals surface area contributed by atoms with Crippen LogP contribution in [0.5, 0.6) is 0 Å². The van der Waals surface area contributed by atoms with Gasteiger partial charge in [-0.05, 0) is 35.9 Å². The number of urea groups is 1. The summed E-state index contributed by atoms with van der Waals surface area (Å²) < 4.78 is 4.77. The lowest BCUT2D eigenvalue weighted by Gasteiger charge is -2.18. The number of benzene rings is 2. The summed E-state index contributed by atoms with van der Waals surface area (Å²) in [7, 11) is 3.15. The Hall–Kier alpha value is -2.57. The number of rotatable bonds is 6. The third-order valence-corrected chi connectivity index (χ3v) is 3.56. The van der Waals surface area contributed by atoms with Gasteiger partial charge in [0, 0.05) is 37.1 Å². The molecule has 0 saturated carbocycles. The molecule has 0 aliphatic carbocycles. The topological polar surface area (TPSA) is 70.7 Å². The highest BCUT2D eigenvalue weighted by molar-refractivity contribution is 6.30. The molecule has 0 heterocycles. The SMILES string of the molecule is COCC(=O)Nc1cccc(NC(=O)N(C)Cc2cccc(Cl)c2)c1. The molecule has 0 fully saturated rings. The lowest BCUT2D eigenvalue weighted by molar-refractivity contribution is -0.119. The van der Waals surface area contributed by atoms with E-state index in [1.54, 1.807) is 42.3 Å². The van der Waals surface area contributed by atoms with Crippen molar-refractivity contribution in [1.29, 1.82) is 0 Å². The van der Waals surface area contributed by atoms with Gasteiger partial charge in [0.1, 0.15) is 6.61 Å². The molecule has 2 aromatic carbocycles. The van der Waals surface area contributed by atoms with Gasteiger partial charge in [-0.15, -0.1) is 0 Å². The van der Waals surface area contributed by atoms with Crippen LogP contribution in [0.4, 0.5) is 16.2 Å². The van der Waals surface area contributed by atoms with Crippen LogP contribution in [0.3, 0.4) is 0 Å². The fourth-order valence-electron chi connectivity index (χ4n) is 2.20. The second-order valence-corrected chi connectivity index (χ2v) is 5.91. The minimum Gasteiger partial charge on any atom is -0.375 e. The van der Waals surface area contributed by atoms with Crippen LogP contribution in [0, 0.1) is 0 Å². The molecule has 2 N–H and O–H groups in total. The highest BCUT2D eigenvalue weighted by Gasteiger charge is 2.10. The molecule has 0 spiro atoms. The fourth-order valence-corrected chi connectivity index (χ4v) is 2.42. The second-order valence-electron chi connectivity index (χ2n) is 5.48. The van der Waals surface area contributed by atoms with Crippen molar-refractivity contribution in [3.8, 4) is 0 Å². The van der Waals surface area contributed by atoms with Gasteiger partial charge >= 0.3 is 6.03 Å². The van der Waals surface area contributed by atoms with E-state index in [0.717, 1.165) is 5.56 Å². The van der Waals surface area contributed by atoms with E-state index in [4.69, 9.17) is 16.3 Å². The molecule has 0 bridgehead atoms. The third kappa shape index (κ3) is 6.10. The molecule has 0 saturated heterocycles. The summed E-state index contributed by atoms with van der Waals surface area (Å²) in [5.41, 5.74) is 2.10. The van der Waals surface area contributed by atoms with Gasteiger partial charge in [-0.1, -0.05) is 29.8 Å². The van der Waals surface area contributed by atoms with E-state index in [1.165, 1.54) is 7.11 Å². The molecule has 25 heavy (non-hydrogen) atoms. The molecule has 6 nitrogen and oxygen atoms in total. The quantitative estimate of drug-likeness (QED) is 0.826. The first-order valence-electron chi connectivity index (χ1n) is 7.63. The molecule has 2 aromatic rings. The largest absolute Gasteiger partial charge is 0.375 e. The van der Waals surface area contributed by atoms with E-state index in [1.807, 2.05) is 18.2 Å².